The van der Waals surface area contributed by atoms with Gasteiger partial charge in [-0.1, -0.05) is 22.0 Å². The van der Waals surface area contributed by atoms with Crippen molar-refractivity contribution in [2.24, 2.45) is 0 Å². The molecule has 1 atom stereocenters. The lowest BCUT2D eigenvalue weighted by molar-refractivity contribution is -0.142. The molecule has 0 saturated carbocycles. The van der Waals surface area contributed by atoms with Gasteiger partial charge in [0.25, 0.3) is 0 Å². The average molecular weight is 273 g/mol. The van der Waals surface area contributed by atoms with Gasteiger partial charge >= 0.3 is 5.97 Å². The molecule has 0 bridgehead atoms. The molecule has 0 fully saturated rings. The molecular formula is C11H13BrO3. The van der Waals surface area contributed by atoms with Crippen molar-refractivity contribution in [2.45, 2.75) is 19.4 Å². The zero-order valence-corrected chi connectivity index (χ0v) is 10.2. The van der Waals surface area contributed by atoms with E-state index >= 15 is 0 Å². The molecule has 0 unspecified atom stereocenters. The second kappa shape index (κ2) is 5.28. The van der Waals surface area contributed by atoms with Gasteiger partial charge in [0, 0.05) is 4.47 Å². The lowest BCUT2D eigenvalue weighted by Crippen LogP contribution is -2.09. The molecule has 0 aliphatic rings. The van der Waals surface area contributed by atoms with Crippen LogP contribution in [-0.2, 0) is 9.53 Å². The van der Waals surface area contributed by atoms with Crippen molar-refractivity contribution in [3.8, 4) is 0 Å². The van der Waals surface area contributed by atoms with E-state index in [2.05, 4.69) is 20.7 Å². The van der Waals surface area contributed by atoms with Gasteiger partial charge in [-0.3, -0.25) is 4.79 Å². The van der Waals surface area contributed by atoms with Gasteiger partial charge in [0.1, 0.15) is 0 Å². The maximum atomic E-state index is 11.0. The number of aliphatic hydroxyl groups excluding tert-OH is 1. The van der Waals surface area contributed by atoms with Gasteiger partial charge in [0.2, 0.25) is 0 Å². The Balaban J connectivity index is 2.85. The standard InChI is InChI=1S/C11H13BrO3/c1-7-3-4-8(12)5-9(7)10(13)6-11(14)15-2/h3-5,10,13H,6H2,1-2H3/t10-/m0/s1. The number of aliphatic hydroxyl groups is 1. The first kappa shape index (κ1) is 12.2. The molecule has 0 aliphatic heterocycles. The number of hydrogen-bond acceptors (Lipinski definition) is 3. The molecule has 0 aromatic heterocycles. The molecule has 3 nitrogen and oxygen atoms in total. The summed E-state index contributed by atoms with van der Waals surface area (Å²) in [5.41, 5.74) is 1.70. The number of halogens is 1. The number of hydrogen-bond donors (Lipinski definition) is 1. The summed E-state index contributed by atoms with van der Waals surface area (Å²) in [5.74, 6) is -0.415. The average Bonchev–Trinajstić information content (AvgIpc) is 2.21. The number of esters is 1. The van der Waals surface area contributed by atoms with Gasteiger partial charge in [0.05, 0.1) is 19.6 Å². The highest BCUT2D eigenvalue weighted by Gasteiger charge is 2.15. The van der Waals surface area contributed by atoms with Gasteiger partial charge in [0.15, 0.2) is 0 Å². The Morgan fingerprint density at radius 2 is 2.27 bits per heavy atom. The highest BCUT2D eigenvalue weighted by Crippen LogP contribution is 2.24. The summed E-state index contributed by atoms with van der Waals surface area (Å²) in [5, 5.41) is 9.81. The molecule has 1 aromatic rings. The number of benzene rings is 1. The molecule has 1 N–H and O–H groups in total. The maximum absolute atomic E-state index is 11.0. The van der Waals surface area contributed by atoms with Crippen LogP contribution in [0.5, 0.6) is 0 Å². The first-order valence-corrected chi connectivity index (χ1v) is 5.35. The van der Waals surface area contributed by atoms with Crippen molar-refractivity contribution < 1.29 is 14.6 Å². The second-order valence-corrected chi connectivity index (χ2v) is 4.21. The van der Waals surface area contributed by atoms with Crippen molar-refractivity contribution in [3.05, 3.63) is 33.8 Å². The molecule has 0 radical (unpaired) electrons. The van der Waals surface area contributed by atoms with Crippen molar-refractivity contribution in [1.82, 2.24) is 0 Å². The van der Waals surface area contributed by atoms with E-state index in [1.54, 1.807) is 0 Å². The minimum atomic E-state index is -0.810. The van der Waals surface area contributed by atoms with Crippen LogP contribution in [0, 0.1) is 6.92 Å². The lowest BCUT2D eigenvalue weighted by atomic mass is 10.0. The summed E-state index contributed by atoms with van der Waals surface area (Å²) in [4.78, 5) is 11.0. The minimum Gasteiger partial charge on any atom is -0.469 e. The largest absolute Gasteiger partial charge is 0.469 e. The summed E-state index contributed by atoms with van der Waals surface area (Å²) >= 11 is 3.32. The molecule has 0 saturated heterocycles. The number of carbonyl (C=O) groups is 1. The molecule has 1 rings (SSSR count). The van der Waals surface area contributed by atoms with Crippen LogP contribution in [0.15, 0.2) is 22.7 Å². The molecule has 82 valence electrons. The van der Waals surface area contributed by atoms with Crippen molar-refractivity contribution >= 4 is 21.9 Å². The van der Waals surface area contributed by atoms with E-state index in [0.29, 0.717) is 0 Å². The second-order valence-electron chi connectivity index (χ2n) is 3.30. The quantitative estimate of drug-likeness (QED) is 0.860. The number of methoxy groups -OCH3 is 1. The Bertz CT molecular complexity index is 363. The third-order valence-corrected chi connectivity index (χ3v) is 2.68. The Labute approximate surface area is 97.2 Å². The van der Waals surface area contributed by atoms with Gasteiger partial charge in [-0.05, 0) is 30.2 Å². The number of rotatable bonds is 3. The van der Waals surface area contributed by atoms with Gasteiger partial charge in [-0.25, -0.2) is 0 Å². The number of ether oxygens (including phenoxy) is 1. The Kier molecular flexibility index (Phi) is 4.29. The van der Waals surface area contributed by atoms with Gasteiger partial charge in [-0.2, -0.15) is 0 Å². The fraction of sp³-hybridized carbons (Fsp3) is 0.364. The van der Waals surface area contributed by atoms with E-state index in [9.17, 15) is 9.90 Å². The topological polar surface area (TPSA) is 46.5 Å². The Morgan fingerprint density at radius 1 is 1.60 bits per heavy atom. The minimum absolute atomic E-state index is 0.0200. The number of carbonyl (C=O) groups excluding carboxylic acids is 1. The zero-order valence-electron chi connectivity index (χ0n) is 8.66. The third-order valence-electron chi connectivity index (χ3n) is 2.19. The smallest absolute Gasteiger partial charge is 0.308 e. The molecular weight excluding hydrogens is 260 g/mol. The van der Waals surface area contributed by atoms with Crippen LogP contribution in [0.3, 0.4) is 0 Å². The fourth-order valence-electron chi connectivity index (χ4n) is 1.32. The van der Waals surface area contributed by atoms with Crippen LogP contribution >= 0.6 is 15.9 Å². The zero-order chi connectivity index (χ0) is 11.4. The maximum Gasteiger partial charge on any atom is 0.308 e. The third kappa shape index (κ3) is 3.32. The van der Waals surface area contributed by atoms with Gasteiger partial charge < -0.3 is 9.84 Å². The van der Waals surface area contributed by atoms with Gasteiger partial charge in [-0.15, -0.1) is 0 Å². The summed E-state index contributed by atoms with van der Waals surface area (Å²) in [7, 11) is 1.31. The van der Waals surface area contributed by atoms with E-state index in [1.165, 1.54) is 7.11 Å². The summed E-state index contributed by atoms with van der Waals surface area (Å²) in [6, 6.07) is 5.59. The van der Waals surface area contributed by atoms with Crippen molar-refractivity contribution in [3.63, 3.8) is 0 Å². The normalized spacial score (nSPS) is 12.3. The van der Waals surface area contributed by atoms with Crippen LogP contribution in [0.2, 0.25) is 0 Å². The molecule has 0 amide bonds. The highest BCUT2D eigenvalue weighted by atomic mass is 79.9. The lowest BCUT2D eigenvalue weighted by Gasteiger charge is -2.12. The SMILES string of the molecule is COC(=O)C[C@H](O)c1cc(Br)ccc1C. The van der Waals surface area contributed by atoms with E-state index in [1.807, 2.05) is 25.1 Å². The molecule has 15 heavy (non-hydrogen) atoms. The fourth-order valence-corrected chi connectivity index (χ4v) is 1.70. The van der Waals surface area contributed by atoms with Crippen LogP contribution in [0.25, 0.3) is 0 Å². The van der Waals surface area contributed by atoms with E-state index in [-0.39, 0.29) is 6.42 Å². The Hall–Kier alpha value is -0.870. The summed E-state index contributed by atoms with van der Waals surface area (Å²) in [6.45, 7) is 1.89. The van der Waals surface area contributed by atoms with Crippen molar-refractivity contribution in [1.29, 1.82) is 0 Å². The van der Waals surface area contributed by atoms with E-state index in [0.717, 1.165) is 15.6 Å². The van der Waals surface area contributed by atoms with E-state index in [4.69, 9.17) is 0 Å². The van der Waals surface area contributed by atoms with Crippen LogP contribution < -0.4 is 0 Å². The van der Waals surface area contributed by atoms with Crippen LogP contribution in [0.1, 0.15) is 23.7 Å². The summed E-state index contributed by atoms with van der Waals surface area (Å²) < 4.78 is 5.38. The molecule has 0 heterocycles. The molecule has 4 heteroatoms. The Morgan fingerprint density at radius 3 is 2.87 bits per heavy atom. The monoisotopic (exact) mass is 272 g/mol. The predicted molar refractivity (Wildman–Crippen MR) is 60.5 cm³/mol. The van der Waals surface area contributed by atoms with Crippen LogP contribution in [-0.4, -0.2) is 18.2 Å². The number of aryl methyl sites for hydroxylation is 1. The van der Waals surface area contributed by atoms with Crippen LogP contribution in [0.4, 0.5) is 0 Å². The van der Waals surface area contributed by atoms with E-state index < -0.39 is 12.1 Å². The molecule has 0 aliphatic carbocycles. The predicted octanol–water partition coefficient (Wildman–Crippen LogP) is 2.35. The first-order chi connectivity index (χ1) is 7.04. The highest BCUT2D eigenvalue weighted by molar-refractivity contribution is 9.10. The summed E-state index contributed by atoms with van der Waals surface area (Å²) in [6.07, 6.45) is -0.830. The molecule has 1 aromatic carbocycles. The van der Waals surface area contributed by atoms with Crippen molar-refractivity contribution in [2.75, 3.05) is 7.11 Å². The first-order valence-electron chi connectivity index (χ1n) is 4.55. The molecule has 0 spiro atoms.